The average Bonchev–Trinajstić information content (AvgIpc) is 2.46. The van der Waals surface area contributed by atoms with E-state index < -0.39 is 0 Å². The van der Waals surface area contributed by atoms with Crippen molar-refractivity contribution in [1.29, 1.82) is 0 Å². The van der Waals surface area contributed by atoms with Crippen molar-refractivity contribution in [2.45, 2.75) is 6.92 Å². The van der Waals surface area contributed by atoms with E-state index in [-0.39, 0.29) is 5.91 Å². The Bertz CT molecular complexity index is 454. The highest BCUT2D eigenvalue weighted by atomic mass is 16.5. The molecule has 104 valence electrons. The molecule has 19 heavy (non-hydrogen) atoms. The summed E-state index contributed by atoms with van der Waals surface area (Å²) in [5.74, 6) is 1.72. The number of methoxy groups -OCH3 is 2. The summed E-state index contributed by atoms with van der Waals surface area (Å²) < 4.78 is 10.6. The van der Waals surface area contributed by atoms with Crippen LogP contribution in [0.25, 0.3) is 0 Å². The zero-order valence-corrected chi connectivity index (χ0v) is 11.7. The number of ether oxygens (including phenoxy) is 2. The SMILES string of the molecule is COc1ccc(N2CCN(C(C)=O)CC2)c(OC)c1. The zero-order chi connectivity index (χ0) is 13.8. The van der Waals surface area contributed by atoms with Crippen LogP contribution in [0.4, 0.5) is 5.69 Å². The molecule has 1 aliphatic heterocycles. The fraction of sp³-hybridized carbons (Fsp3) is 0.500. The van der Waals surface area contributed by atoms with Crippen LogP contribution in [0.1, 0.15) is 6.92 Å². The number of benzene rings is 1. The fourth-order valence-corrected chi connectivity index (χ4v) is 2.31. The largest absolute Gasteiger partial charge is 0.497 e. The van der Waals surface area contributed by atoms with Gasteiger partial charge in [-0.2, -0.15) is 0 Å². The van der Waals surface area contributed by atoms with Crippen molar-refractivity contribution in [3.63, 3.8) is 0 Å². The van der Waals surface area contributed by atoms with E-state index in [2.05, 4.69) is 4.90 Å². The van der Waals surface area contributed by atoms with Crippen LogP contribution in [0, 0.1) is 0 Å². The minimum absolute atomic E-state index is 0.140. The molecule has 5 nitrogen and oxygen atoms in total. The minimum Gasteiger partial charge on any atom is -0.497 e. The van der Waals surface area contributed by atoms with Gasteiger partial charge < -0.3 is 19.3 Å². The van der Waals surface area contributed by atoms with Gasteiger partial charge in [0.15, 0.2) is 0 Å². The van der Waals surface area contributed by atoms with E-state index in [1.807, 2.05) is 23.1 Å². The number of hydrogen-bond donors (Lipinski definition) is 0. The summed E-state index contributed by atoms with van der Waals surface area (Å²) in [5.41, 5.74) is 1.05. The van der Waals surface area contributed by atoms with Gasteiger partial charge in [0.1, 0.15) is 11.5 Å². The number of piperazine rings is 1. The molecule has 0 saturated carbocycles. The van der Waals surface area contributed by atoms with Crippen molar-refractivity contribution in [1.82, 2.24) is 4.90 Å². The molecule has 2 rings (SSSR count). The minimum atomic E-state index is 0.140. The molecule has 1 aliphatic rings. The van der Waals surface area contributed by atoms with Crippen LogP contribution in [0.5, 0.6) is 11.5 Å². The van der Waals surface area contributed by atoms with E-state index in [1.165, 1.54) is 0 Å². The van der Waals surface area contributed by atoms with E-state index in [4.69, 9.17) is 9.47 Å². The summed E-state index contributed by atoms with van der Waals surface area (Å²) >= 11 is 0. The normalized spacial score (nSPS) is 15.3. The van der Waals surface area contributed by atoms with E-state index in [1.54, 1.807) is 21.1 Å². The van der Waals surface area contributed by atoms with Crippen molar-refractivity contribution in [2.75, 3.05) is 45.3 Å². The standard InChI is InChI=1S/C14H20N2O3/c1-11(17)15-6-8-16(9-7-15)13-5-4-12(18-2)10-14(13)19-3/h4-5,10H,6-9H2,1-3H3. The van der Waals surface area contributed by atoms with Crippen molar-refractivity contribution in [3.05, 3.63) is 18.2 Å². The monoisotopic (exact) mass is 264 g/mol. The molecule has 0 N–H and O–H groups in total. The molecular formula is C14H20N2O3. The summed E-state index contributed by atoms with van der Waals surface area (Å²) in [7, 11) is 3.30. The highest BCUT2D eigenvalue weighted by molar-refractivity contribution is 5.73. The third kappa shape index (κ3) is 2.92. The molecule has 1 amide bonds. The number of nitrogens with zero attached hydrogens (tertiary/aromatic N) is 2. The molecule has 1 heterocycles. The lowest BCUT2D eigenvalue weighted by Crippen LogP contribution is -2.48. The second-order valence-corrected chi connectivity index (χ2v) is 4.53. The summed E-state index contributed by atoms with van der Waals surface area (Å²) in [6, 6.07) is 5.81. The summed E-state index contributed by atoms with van der Waals surface area (Å²) in [4.78, 5) is 15.4. The van der Waals surface area contributed by atoms with Gasteiger partial charge in [0.05, 0.1) is 19.9 Å². The number of rotatable bonds is 3. The molecule has 1 aromatic carbocycles. The highest BCUT2D eigenvalue weighted by Gasteiger charge is 2.21. The molecule has 1 saturated heterocycles. The molecule has 1 aromatic rings. The Balaban J connectivity index is 2.12. The molecule has 0 aromatic heterocycles. The maximum Gasteiger partial charge on any atom is 0.219 e. The summed E-state index contributed by atoms with van der Waals surface area (Å²) in [5, 5.41) is 0. The summed E-state index contributed by atoms with van der Waals surface area (Å²) in [6.45, 7) is 4.77. The van der Waals surface area contributed by atoms with Gasteiger partial charge in [-0.3, -0.25) is 4.79 Å². The fourth-order valence-electron chi connectivity index (χ4n) is 2.31. The molecule has 0 aliphatic carbocycles. The Hall–Kier alpha value is -1.91. The smallest absolute Gasteiger partial charge is 0.219 e. The molecule has 0 atom stereocenters. The first-order valence-electron chi connectivity index (χ1n) is 6.38. The topological polar surface area (TPSA) is 42.0 Å². The lowest BCUT2D eigenvalue weighted by molar-refractivity contribution is -0.129. The first kappa shape index (κ1) is 13.5. The molecule has 0 spiro atoms. The zero-order valence-electron chi connectivity index (χ0n) is 11.7. The van der Waals surface area contributed by atoms with Gasteiger partial charge in [0.25, 0.3) is 0 Å². The van der Waals surface area contributed by atoms with Crippen molar-refractivity contribution < 1.29 is 14.3 Å². The van der Waals surface area contributed by atoms with Crippen LogP contribution in [-0.2, 0) is 4.79 Å². The molecule has 0 unspecified atom stereocenters. The Labute approximate surface area is 113 Å². The molecule has 0 radical (unpaired) electrons. The Kier molecular flexibility index (Phi) is 4.14. The second-order valence-electron chi connectivity index (χ2n) is 4.53. The van der Waals surface area contributed by atoms with Crippen LogP contribution < -0.4 is 14.4 Å². The van der Waals surface area contributed by atoms with Gasteiger partial charge in [-0.15, -0.1) is 0 Å². The molecular weight excluding hydrogens is 244 g/mol. The predicted molar refractivity (Wildman–Crippen MR) is 74.0 cm³/mol. The van der Waals surface area contributed by atoms with Gasteiger partial charge in [-0.25, -0.2) is 0 Å². The van der Waals surface area contributed by atoms with E-state index in [9.17, 15) is 4.79 Å². The quantitative estimate of drug-likeness (QED) is 0.827. The average molecular weight is 264 g/mol. The number of carbonyl (C=O) groups is 1. The van der Waals surface area contributed by atoms with E-state index in [0.29, 0.717) is 0 Å². The molecule has 5 heteroatoms. The van der Waals surface area contributed by atoms with Gasteiger partial charge in [0, 0.05) is 39.2 Å². The number of carbonyl (C=O) groups excluding carboxylic acids is 1. The second kappa shape index (κ2) is 5.82. The van der Waals surface area contributed by atoms with Crippen LogP contribution in [0.3, 0.4) is 0 Å². The Morgan fingerprint density at radius 3 is 2.32 bits per heavy atom. The van der Waals surface area contributed by atoms with E-state index in [0.717, 1.165) is 43.4 Å². The van der Waals surface area contributed by atoms with Gasteiger partial charge in [0.2, 0.25) is 5.91 Å². The first-order valence-corrected chi connectivity index (χ1v) is 6.38. The highest BCUT2D eigenvalue weighted by Crippen LogP contribution is 2.32. The predicted octanol–water partition coefficient (Wildman–Crippen LogP) is 1.37. The Morgan fingerprint density at radius 2 is 1.79 bits per heavy atom. The molecule has 0 bridgehead atoms. The summed E-state index contributed by atoms with van der Waals surface area (Å²) in [6.07, 6.45) is 0. The number of anilines is 1. The van der Waals surface area contributed by atoms with Crippen LogP contribution >= 0.6 is 0 Å². The van der Waals surface area contributed by atoms with Crippen molar-refractivity contribution in [3.8, 4) is 11.5 Å². The lowest BCUT2D eigenvalue weighted by Gasteiger charge is -2.36. The van der Waals surface area contributed by atoms with Crippen molar-refractivity contribution in [2.24, 2.45) is 0 Å². The van der Waals surface area contributed by atoms with Crippen LogP contribution in [0.2, 0.25) is 0 Å². The van der Waals surface area contributed by atoms with Gasteiger partial charge >= 0.3 is 0 Å². The van der Waals surface area contributed by atoms with Gasteiger partial charge in [-0.1, -0.05) is 0 Å². The van der Waals surface area contributed by atoms with Crippen LogP contribution in [-0.4, -0.2) is 51.2 Å². The van der Waals surface area contributed by atoms with Crippen LogP contribution in [0.15, 0.2) is 18.2 Å². The maximum absolute atomic E-state index is 11.3. The first-order chi connectivity index (χ1) is 9.15. The van der Waals surface area contributed by atoms with Gasteiger partial charge in [-0.05, 0) is 12.1 Å². The number of hydrogen-bond acceptors (Lipinski definition) is 4. The third-order valence-corrected chi connectivity index (χ3v) is 3.45. The maximum atomic E-state index is 11.3. The lowest BCUT2D eigenvalue weighted by atomic mass is 10.2. The number of amides is 1. The molecule has 1 fully saturated rings. The Morgan fingerprint density at radius 1 is 1.11 bits per heavy atom. The third-order valence-electron chi connectivity index (χ3n) is 3.45. The van der Waals surface area contributed by atoms with E-state index >= 15 is 0 Å². The van der Waals surface area contributed by atoms with Crippen molar-refractivity contribution >= 4 is 11.6 Å².